The lowest BCUT2D eigenvalue weighted by Crippen LogP contribution is -2.51. The minimum atomic E-state index is 0. The number of ether oxygens (including phenoxy) is 2. The molecule has 2 aliphatic rings. The Labute approximate surface area is 175 Å². The van der Waals surface area contributed by atoms with Gasteiger partial charge < -0.3 is 19.7 Å². The number of nitrogens with zero attached hydrogens (tertiary/aromatic N) is 2. The fraction of sp³-hybridized carbons (Fsp3) is 0.944. The number of nitrogens with one attached hydrogen (secondary N) is 1. The van der Waals surface area contributed by atoms with E-state index in [0.717, 1.165) is 77.8 Å². The van der Waals surface area contributed by atoms with Gasteiger partial charge in [-0.05, 0) is 46.0 Å². The molecule has 2 aliphatic heterocycles. The van der Waals surface area contributed by atoms with Gasteiger partial charge >= 0.3 is 0 Å². The molecule has 1 N–H and O–H groups in total. The van der Waals surface area contributed by atoms with Crippen LogP contribution in [0, 0.1) is 5.92 Å². The van der Waals surface area contributed by atoms with Crippen LogP contribution in [0.4, 0.5) is 0 Å². The van der Waals surface area contributed by atoms with Crippen LogP contribution < -0.4 is 5.32 Å². The molecule has 7 heteroatoms. The fourth-order valence-corrected chi connectivity index (χ4v) is 4.25. The summed E-state index contributed by atoms with van der Waals surface area (Å²) in [5.74, 6) is 2.92. The van der Waals surface area contributed by atoms with Crippen LogP contribution >= 0.6 is 35.7 Å². The average molecular weight is 485 g/mol. The molecule has 2 rings (SSSR count). The molecule has 25 heavy (non-hydrogen) atoms. The smallest absolute Gasteiger partial charge is 0.193 e. The zero-order chi connectivity index (χ0) is 17.3. The van der Waals surface area contributed by atoms with Crippen molar-refractivity contribution in [3.8, 4) is 0 Å². The summed E-state index contributed by atoms with van der Waals surface area (Å²) in [6.45, 7) is 14.1. The van der Waals surface area contributed by atoms with Crippen LogP contribution in [0.15, 0.2) is 4.99 Å². The number of halogens is 1. The SMILES string of the molecule is CCNC(=NCCCOCC1CCOCC1)N1CCSC(C)(C)C1.I. The molecule has 5 nitrogen and oxygen atoms in total. The molecule has 2 heterocycles. The van der Waals surface area contributed by atoms with Crippen LogP contribution in [0.25, 0.3) is 0 Å². The monoisotopic (exact) mass is 485 g/mol. The van der Waals surface area contributed by atoms with Gasteiger partial charge in [-0.25, -0.2) is 0 Å². The van der Waals surface area contributed by atoms with Crippen molar-refractivity contribution < 1.29 is 9.47 Å². The molecular formula is C18H36IN3O2S. The summed E-state index contributed by atoms with van der Waals surface area (Å²) in [5, 5.41) is 3.44. The van der Waals surface area contributed by atoms with Crippen LogP contribution in [0.3, 0.4) is 0 Å². The molecule has 2 fully saturated rings. The van der Waals surface area contributed by atoms with Crippen molar-refractivity contribution >= 4 is 41.7 Å². The van der Waals surface area contributed by atoms with E-state index in [2.05, 4.69) is 42.7 Å². The summed E-state index contributed by atoms with van der Waals surface area (Å²) < 4.78 is 11.5. The molecule has 148 valence electrons. The molecule has 0 amide bonds. The van der Waals surface area contributed by atoms with Gasteiger partial charge in [0.15, 0.2) is 5.96 Å². The molecule has 0 bridgehead atoms. The number of guanidine groups is 1. The topological polar surface area (TPSA) is 46.1 Å². The summed E-state index contributed by atoms with van der Waals surface area (Å²) in [6, 6.07) is 0. The number of aliphatic imine (C=N–C) groups is 1. The Kier molecular flexibility index (Phi) is 11.8. The quantitative estimate of drug-likeness (QED) is 0.260. The van der Waals surface area contributed by atoms with Gasteiger partial charge in [0.2, 0.25) is 0 Å². The van der Waals surface area contributed by atoms with Crippen LogP contribution in [0.1, 0.15) is 40.0 Å². The molecule has 2 saturated heterocycles. The van der Waals surface area contributed by atoms with Gasteiger partial charge in [-0.3, -0.25) is 4.99 Å². The van der Waals surface area contributed by atoms with Crippen molar-refractivity contribution in [3.05, 3.63) is 0 Å². The van der Waals surface area contributed by atoms with E-state index in [1.54, 1.807) is 0 Å². The number of thioether (sulfide) groups is 1. The summed E-state index contributed by atoms with van der Waals surface area (Å²) in [7, 11) is 0. The molecule has 0 aromatic carbocycles. The number of hydrogen-bond acceptors (Lipinski definition) is 4. The minimum Gasteiger partial charge on any atom is -0.381 e. The van der Waals surface area contributed by atoms with Gasteiger partial charge in [0.25, 0.3) is 0 Å². The van der Waals surface area contributed by atoms with Gasteiger partial charge in [-0.15, -0.1) is 24.0 Å². The van der Waals surface area contributed by atoms with E-state index in [1.807, 2.05) is 0 Å². The highest BCUT2D eigenvalue weighted by molar-refractivity contribution is 14.0. The van der Waals surface area contributed by atoms with Crippen LogP contribution in [0.2, 0.25) is 0 Å². The van der Waals surface area contributed by atoms with E-state index in [9.17, 15) is 0 Å². The zero-order valence-corrected chi connectivity index (χ0v) is 19.2. The molecule has 0 saturated carbocycles. The predicted octanol–water partition coefficient (Wildman–Crippen LogP) is 3.23. The van der Waals surface area contributed by atoms with Gasteiger partial charge in [0.1, 0.15) is 0 Å². The van der Waals surface area contributed by atoms with Crippen molar-refractivity contribution in [2.75, 3.05) is 58.4 Å². The second-order valence-corrected chi connectivity index (χ2v) is 9.05. The maximum absolute atomic E-state index is 5.83. The van der Waals surface area contributed by atoms with E-state index in [-0.39, 0.29) is 24.0 Å². The third-order valence-corrected chi connectivity index (χ3v) is 5.76. The molecule has 0 aromatic rings. The van der Waals surface area contributed by atoms with Crippen molar-refractivity contribution in [1.29, 1.82) is 0 Å². The predicted molar refractivity (Wildman–Crippen MR) is 118 cm³/mol. The van der Waals surface area contributed by atoms with Gasteiger partial charge in [0, 0.05) is 63.1 Å². The lowest BCUT2D eigenvalue weighted by atomic mass is 10.0. The number of rotatable bonds is 7. The molecule has 0 aromatic heterocycles. The van der Waals surface area contributed by atoms with Crippen molar-refractivity contribution in [1.82, 2.24) is 10.2 Å². The first kappa shape index (κ1) is 23.3. The maximum atomic E-state index is 5.83. The first-order valence-electron chi connectivity index (χ1n) is 9.43. The first-order valence-corrected chi connectivity index (χ1v) is 10.4. The van der Waals surface area contributed by atoms with E-state index < -0.39 is 0 Å². The molecule has 0 spiro atoms. The van der Waals surface area contributed by atoms with Gasteiger partial charge in [0.05, 0.1) is 0 Å². The normalized spacial score (nSPS) is 21.7. The van der Waals surface area contributed by atoms with Crippen LogP contribution in [-0.4, -0.2) is 74.0 Å². The lowest BCUT2D eigenvalue weighted by Gasteiger charge is -2.39. The van der Waals surface area contributed by atoms with E-state index >= 15 is 0 Å². The Hall–Kier alpha value is 0.270. The van der Waals surface area contributed by atoms with Gasteiger partial charge in [-0.1, -0.05) is 0 Å². The molecular weight excluding hydrogens is 449 g/mol. The zero-order valence-electron chi connectivity index (χ0n) is 16.1. The third-order valence-electron chi connectivity index (χ3n) is 4.46. The summed E-state index contributed by atoms with van der Waals surface area (Å²) in [6.07, 6.45) is 3.28. The van der Waals surface area contributed by atoms with Crippen molar-refractivity contribution in [2.45, 2.75) is 44.8 Å². The third kappa shape index (κ3) is 9.15. The molecule has 0 aliphatic carbocycles. The largest absolute Gasteiger partial charge is 0.381 e. The van der Waals surface area contributed by atoms with Crippen LogP contribution in [-0.2, 0) is 9.47 Å². The van der Waals surface area contributed by atoms with Crippen molar-refractivity contribution in [2.24, 2.45) is 10.9 Å². The van der Waals surface area contributed by atoms with E-state index in [0.29, 0.717) is 10.7 Å². The summed E-state index contributed by atoms with van der Waals surface area (Å²) >= 11 is 2.05. The first-order chi connectivity index (χ1) is 11.6. The Bertz CT molecular complexity index is 391. The molecule has 0 unspecified atom stereocenters. The molecule has 0 radical (unpaired) electrons. The highest BCUT2D eigenvalue weighted by Gasteiger charge is 2.28. The Balaban J connectivity index is 0.00000312. The highest BCUT2D eigenvalue weighted by Crippen LogP contribution is 2.29. The Morgan fingerprint density at radius 2 is 2.12 bits per heavy atom. The minimum absolute atomic E-state index is 0. The fourth-order valence-electron chi connectivity index (χ4n) is 3.14. The van der Waals surface area contributed by atoms with Crippen molar-refractivity contribution in [3.63, 3.8) is 0 Å². The Morgan fingerprint density at radius 3 is 2.80 bits per heavy atom. The summed E-state index contributed by atoms with van der Waals surface area (Å²) in [4.78, 5) is 7.21. The Morgan fingerprint density at radius 1 is 1.36 bits per heavy atom. The second-order valence-electron chi connectivity index (χ2n) is 7.25. The van der Waals surface area contributed by atoms with E-state index in [4.69, 9.17) is 14.5 Å². The molecule has 0 atom stereocenters. The second kappa shape index (κ2) is 12.6. The van der Waals surface area contributed by atoms with Crippen LogP contribution in [0.5, 0.6) is 0 Å². The summed E-state index contributed by atoms with van der Waals surface area (Å²) in [5.41, 5.74) is 0. The van der Waals surface area contributed by atoms with E-state index in [1.165, 1.54) is 5.75 Å². The number of hydrogen-bond donors (Lipinski definition) is 1. The highest BCUT2D eigenvalue weighted by atomic mass is 127. The average Bonchev–Trinajstić information content (AvgIpc) is 2.57. The standard InChI is InChI=1S/C18H35N3O2S.HI/c1-4-19-17(21-9-13-24-18(2,3)15-21)20-8-5-10-23-14-16-6-11-22-12-7-16;/h16H,4-15H2,1-3H3,(H,19,20);1H. The van der Waals surface area contributed by atoms with Gasteiger partial charge in [-0.2, -0.15) is 11.8 Å². The lowest BCUT2D eigenvalue weighted by molar-refractivity contribution is 0.0205. The maximum Gasteiger partial charge on any atom is 0.193 e.